The number of hydrogen-bond donors (Lipinski definition) is 1. The van der Waals surface area contributed by atoms with Crippen LogP contribution in [0.1, 0.15) is 0 Å². The fourth-order valence-electron chi connectivity index (χ4n) is 1.09. The zero-order valence-corrected chi connectivity index (χ0v) is 7.01. The van der Waals surface area contributed by atoms with Crippen LogP contribution in [0.2, 0.25) is 0 Å². The lowest BCUT2D eigenvalue weighted by molar-refractivity contribution is 1.28. The standard InChI is InChI=1S/C10H9N3/c11-9-3-4-10(13-7-9)8-2-1-5-12-6-8/h1-7H,11H2. The van der Waals surface area contributed by atoms with Crippen molar-refractivity contribution < 1.29 is 0 Å². The molecule has 0 aliphatic rings. The monoisotopic (exact) mass is 171 g/mol. The van der Waals surface area contributed by atoms with Gasteiger partial charge in [0.15, 0.2) is 0 Å². The van der Waals surface area contributed by atoms with Crippen LogP contribution in [0.25, 0.3) is 11.3 Å². The molecule has 13 heavy (non-hydrogen) atoms. The maximum atomic E-state index is 5.53. The largest absolute Gasteiger partial charge is 0.397 e. The molecular weight excluding hydrogens is 162 g/mol. The van der Waals surface area contributed by atoms with E-state index in [2.05, 4.69) is 9.97 Å². The Labute approximate surface area is 76.3 Å². The van der Waals surface area contributed by atoms with Crippen molar-refractivity contribution in [1.82, 2.24) is 9.97 Å². The molecule has 0 bridgehead atoms. The number of pyridine rings is 2. The van der Waals surface area contributed by atoms with Gasteiger partial charge in [-0.3, -0.25) is 9.97 Å². The van der Waals surface area contributed by atoms with Gasteiger partial charge in [0.25, 0.3) is 0 Å². The van der Waals surface area contributed by atoms with E-state index in [4.69, 9.17) is 5.73 Å². The molecule has 2 rings (SSSR count). The van der Waals surface area contributed by atoms with E-state index in [-0.39, 0.29) is 0 Å². The van der Waals surface area contributed by atoms with Crippen LogP contribution in [0.5, 0.6) is 0 Å². The summed E-state index contributed by atoms with van der Waals surface area (Å²) in [5.74, 6) is 0. The lowest BCUT2D eigenvalue weighted by atomic mass is 10.2. The van der Waals surface area contributed by atoms with Crippen molar-refractivity contribution in [3.05, 3.63) is 42.9 Å². The van der Waals surface area contributed by atoms with Gasteiger partial charge in [0, 0.05) is 18.0 Å². The third-order valence-electron chi connectivity index (χ3n) is 1.74. The minimum Gasteiger partial charge on any atom is -0.397 e. The van der Waals surface area contributed by atoms with Crippen LogP contribution in [-0.2, 0) is 0 Å². The van der Waals surface area contributed by atoms with Crippen molar-refractivity contribution in [2.24, 2.45) is 0 Å². The molecule has 0 saturated carbocycles. The summed E-state index contributed by atoms with van der Waals surface area (Å²) in [5.41, 5.74) is 8.09. The van der Waals surface area contributed by atoms with Gasteiger partial charge in [-0.05, 0) is 24.3 Å². The van der Waals surface area contributed by atoms with Crippen LogP contribution in [0, 0.1) is 0 Å². The van der Waals surface area contributed by atoms with E-state index in [1.165, 1.54) is 0 Å². The van der Waals surface area contributed by atoms with E-state index in [1.54, 1.807) is 18.6 Å². The van der Waals surface area contributed by atoms with Gasteiger partial charge < -0.3 is 5.73 Å². The van der Waals surface area contributed by atoms with E-state index < -0.39 is 0 Å². The van der Waals surface area contributed by atoms with Crippen LogP contribution in [-0.4, -0.2) is 9.97 Å². The van der Waals surface area contributed by atoms with E-state index in [0.29, 0.717) is 5.69 Å². The maximum Gasteiger partial charge on any atom is 0.0719 e. The average molecular weight is 171 g/mol. The van der Waals surface area contributed by atoms with Gasteiger partial charge in [-0.2, -0.15) is 0 Å². The molecule has 2 aromatic rings. The van der Waals surface area contributed by atoms with E-state index in [9.17, 15) is 0 Å². The fraction of sp³-hybridized carbons (Fsp3) is 0. The number of nitrogen functional groups attached to an aromatic ring is 1. The first kappa shape index (κ1) is 7.73. The molecule has 0 amide bonds. The van der Waals surface area contributed by atoms with Gasteiger partial charge in [0.2, 0.25) is 0 Å². The number of aromatic nitrogens is 2. The number of hydrogen-bond acceptors (Lipinski definition) is 3. The zero-order chi connectivity index (χ0) is 9.10. The van der Waals surface area contributed by atoms with Gasteiger partial charge in [0.05, 0.1) is 17.6 Å². The molecule has 3 heteroatoms. The lowest BCUT2D eigenvalue weighted by Gasteiger charge is -1.99. The van der Waals surface area contributed by atoms with E-state index in [0.717, 1.165) is 11.3 Å². The molecule has 3 nitrogen and oxygen atoms in total. The first-order chi connectivity index (χ1) is 6.36. The number of nitrogens with two attached hydrogens (primary N) is 1. The second kappa shape index (κ2) is 3.23. The SMILES string of the molecule is Nc1ccc(-c2cccnc2)nc1. The van der Waals surface area contributed by atoms with Crippen LogP contribution in [0.15, 0.2) is 42.9 Å². The molecule has 0 saturated heterocycles. The molecule has 0 spiro atoms. The minimum atomic E-state index is 0.674. The highest BCUT2D eigenvalue weighted by atomic mass is 14.7. The third-order valence-corrected chi connectivity index (χ3v) is 1.74. The van der Waals surface area contributed by atoms with Crippen molar-refractivity contribution in [1.29, 1.82) is 0 Å². The summed E-state index contributed by atoms with van der Waals surface area (Å²) in [6, 6.07) is 7.56. The number of nitrogens with zero attached hydrogens (tertiary/aromatic N) is 2. The molecule has 2 aromatic heterocycles. The minimum absolute atomic E-state index is 0.674. The summed E-state index contributed by atoms with van der Waals surface area (Å²) in [6.07, 6.45) is 5.15. The van der Waals surface area contributed by atoms with Gasteiger partial charge in [-0.25, -0.2) is 0 Å². The second-order valence-electron chi connectivity index (χ2n) is 2.72. The van der Waals surface area contributed by atoms with Crippen LogP contribution >= 0.6 is 0 Å². The van der Waals surface area contributed by atoms with E-state index >= 15 is 0 Å². The molecule has 0 aliphatic carbocycles. The maximum absolute atomic E-state index is 5.53. The molecular formula is C10H9N3. The van der Waals surface area contributed by atoms with Crippen LogP contribution in [0.3, 0.4) is 0 Å². The van der Waals surface area contributed by atoms with Gasteiger partial charge >= 0.3 is 0 Å². The Morgan fingerprint density at radius 3 is 2.62 bits per heavy atom. The molecule has 0 radical (unpaired) electrons. The van der Waals surface area contributed by atoms with Gasteiger partial charge in [-0.15, -0.1) is 0 Å². The Bertz CT molecular complexity index is 381. The summed E-state index contributed by atoms with van der Waals surface area (Å²) in [5, 5.41) is 0. The quantitative estimate of drug-likeness (QED) is 0.710. The normalized spacial score (nSPS) is 9.85. The molecule has 0 aliphatic heterocycles. The Balaban J connectivity index is 2.42. The zero-order valence-electron chi connectivity index (χ0n) is 7.01. The first-order valence-electron chi connectivity index (χ1n) is 3.98. The highest BCUT2D eigenvalue weighted by molar-refractivity contribution is 5.59. The highest BCUT2D eigenvalue weighted by Crippen LogP contribution is 2.15. The van der Waals surface area contributed by atoms with Crippen molar-refractivity contribution in [3.8, 4) is 11.3 Å². The lowest BCUT2D eigenvalue weighted by Crippen LogP contribution is -1.88. The summed E-state index contributed by atoms with van der Waals surface area (Å²) in [6.45, 7) is 0. The summed E-state index contributed by atoms with van der Waals surface area (Å²) in [7, 11) is 0. The van der Waals surface area contributed by atoms with Crippen LogP contribution < -0.4 is 5.73 Å². The topological polar surface area (TPSA) is 51.8 Å². The summed E-state index contributed by atoms with van der Waals surface area (Å²) >= 11 is 0. The Hall–Kier alpha value is -1.90. The van der Waals surface area contributed by atoms with Crippen molar-refractivity contribution in [3.63, 3.8) is 0 Å². The molecule has 64 valence electrons. The fourth-order valence-corrected chi connectivity index (χ4v) is 1.09. The molecule has 0 atom stereocenters. The van der Waals surface area contributed by atoms with E-state index in [1.807, 2.05) is 24.3 Å². The van der Waals surface area contributed by atoms with Crippen molar-refractivity contribution in [2.45, 2.75) is 0 Å². The third kappa shape index (κ3) is 1.64. The van der Waals surface area contributed by atoms with Gasteiger partial charge in [-0.1, -0.05) is 0 Å². The smallest absolute Gasteiger partial charge is 0.0719 e. The molecule has 2 N–H and O–H groups in total. The average Bonchev–Trinajstić information content (AvgIpc) is 2.20. The summed E-state index contributed by atoms with van der Waals surface area (Å²) < 4.78 is 0. The van der Waals surface area contributed by atoms with Crippen molar-refractivity contribution >= 4 is 5.69 Å². The Morgan fingerprint density at radius 2 is 2.00 bits per heavy atom. The molecule has 0 unspecified atom stereocenters. The van der Waals surface area contributed by atoms with Crippen LogP contribution in [0.4, 0.5) is 5.69 Å². The highest BCUT2D eigenvalue weighted by Gasteiger charge is 1.96. The molecule has 2 heterocycles. The predicted octanol–water partition coefficient (Wildman–Crippen LogP) is 1.73. The van der Waals surface area contributed by atoms with Gasteiger partial charge in [0.1, 0.15) is 0 Å². The molecule has 0 fully saturated rings. The summed E-state index contributed by atoms with van der Waals surface area (Å²) in [4.78, 5) is 8.20. The Morgan fingerprint density at radius 1 is 1.08 bits per heavy atom. The number of anilines is 1. The van der Waals surface area contributed by atoms with Crippen molar-refractivity contribution in [2.75, 3.05) is 5.73 Å². The molecule has 0 aromatic carbocycles. The second-order valence-corrected chi connectivity index (χ2v) is 2.72. The predicted molar refractivity (Wildman–Crippen MR) is 51.9 cm³/mol. The first-order valence-corrected chi connectivity index (χ1v) is 3.98. The number of rotatable bonds is 1. The Kier molecular flexibility index (Phi) is 1.92.